The molecule has 0 aromatic carbocycles. The summed E-state index contributed by atoms with van der Waals surface area (Å²) in [5, 5.41) is 14.5. The van der Waals surface area contributed by atoms with E-state index in [-0.39, 0.29) is 5.75 Å². The third kappa shape index (κ3) is 0.915. The fraction of sp³-hybridized carbons (Fsp3) is 0.333. The Morgan fingerprint density at radius 1 is 1.31 bits per heavy atom. The van der Waals surface area contributed by atoms with E-state index in [9.17, 15) is 5.11 Å². The van der Waals surface area contributed by atoms with Crippen LogP contribution in [0.3, 0.4) is 0 Å². The Balaban J connectivity index is 2.32. The van der Waals surface area contributed by atoms with Crippen molar-refractivity contribution in [2.45, 2.75) is 18.9 Å². The molecule has 0 bridgehead atoms. The van der Waals surface area contributed by atoms with Crippen LogP contribution in [0.2, 0.25) is 0 Å². The summed E-state index contributed by atoms with van der Waals surface area (Å²) in [6.07, 6.45) is 7.27. The normalized spacial score (nSPS) is 16.6. The monoisotopic (exact) mass is 175 g/mol. The molecule has 0 unspecified atom stereocenters. The van der Waals surface area contributed by atoms with Crippen LogP contribution >= 0.6 is 0 Å². The van der Waals surface area contributed by atoms with E-state index >= 15 is 0 Å². The van der Waals surface area contributed by atoms with Crippen molar-refractivity contribution in [2.75, 3.05) is 0 Å². The summed E-state index contributed by atoms with van der Waals surface area (Å²) in [6, 6.07) is 0.529. The van der Waals surface area contributed by atoms with Gasteiger partial charge in [-0.15, -0.1) is 0 Å². The van der Waals surface area contributed by atoms with Gasteiger partial charge in [0.2, 0.25) is 0 Å². The summed E-state index contributed by atoms with van der Waals surface area (Å²) >= 11 is 0. The fourth-order valence-corrected chi connectivity index (χ4v) is 1.56. The lowest BCUT2D eigenvalue weighted by Gasteiger charge is -1.98. The molecule has 4 heteroatoms. The molecular weight excluding hydrogens is 166 g/mol. The Labute approximate surface area is 74.8 Å². The van der Waals surface area contributed by atoms with Gasteiger partial charge in [0.25, 0.3) is 0 Å². The Bertz CT molecular complexity index is 459. The highest BCUT2D eigenvalue weighted by atomic mass is 16.3. The maximum atomic E-state index is 9.47. The van der Waals surface area contributed by atoms with Crippen molar-refractivity contribution in [1.82, 2.24) is 14.8 Å². The van der Waals surface area contributed by atoms with Crippen molar-refractivity contribution in [3.63, 3.8) is 0 Å². The third-order valence-corrected chi connectivity index (χ3v) is 2.40. The molecule has 2 aromatic rings. The predicted molar refractivity (Wildman–Crippen MR) is 47.5 cm³/mol. The van der Waals surface area contributed by atoms with Crippen molar-refractivity contribution in [1.29, 1.82) is 0 Å². The highest BCUT2D eigenvalue weighted by Crippen LogP contribution is 2.37. The molecule has 4 nitrogen and oxygen atoms in total. The van der Waals surface area contributed by atoms with Gasteiger partial charge in [0.15, 0.2) is 0 Å². The van der Waals surface area contributed by atoms with Gasteiger partial charge < -0.3 is 5.11 Å². The quantitative estimate of drug-likeness (QED) is 0.714. The van der Waals surface area contributed by atoms with Crippen molar-refractivity contribution in [2.24, 2.45) is 0 Å². The molecule has 1 aliphatic carbocycles. The Morgan fingerprint density at radius 3 is 2.92 bits per heavy atom. The van der Waals surface area contributed by atoms with E-state index in [2.05, 4.69) is 10.1 Å². The van der Waals surface area contributed by atoms with Crippen LogP contribution in [0.5, 0.6) is 5.75 Å². The maximum Gasteiger partial charge on any atom is 0.144 e. The SMILES string of the molecule is Oc1cncc2c1cnn2C1CC1. The average Bonchev–Trinajstić information content (AvgIpc) is 2.87. The molecule has 66 valence electrons. The first kappa shape index (κ1) is 6.88. The summed E-state index contributed by atoms with van der Waals surface area (Å²) < 4.78 is 1.95. The summed E-state index contributed by atoms with van der Waals surface area (Å²) in [6.45, 7) is 0. The number of hydrogen-bond acceptors (Lipinski definition) is 3. The van der Waals surface area contributed by atoms with E-state index in [4.69, 9.17) is 0 Å². The van der Waals surface area contributed by atoms with E-state index in [1.54, 1.807) is 12.4 Å². The molecule has 0 aliphatic heterocycles. The number of rotatable bonds is 1. The second-order valence-corrected chi connectivity index (χ2v) is 3.41. The first-order valence-electron chi connectivity index (χ1n) is 4.36. The molecule has 1 aliphatic rings. The molecular formula is C9H9N3O. The summed E-state index contributed by atoms with van der Waals surface area (Å²) in [7, 11) is 0. The zero-order valence-corrected chi connectivity index (χ0v) is 7.01. The second kappa shape index (κ2) is 2.22. The smallest absolute Gasteiger partial charge is 0.144 e. The van der Waals surface area contributed by atoms with Gasteiger partial charge in [-0.05, 0) is 12.8 Å². The number of aromatic nitrogens is 3. The van der Waals surface area contributed by atoms with Crippen LogP contribution in [-0.4, -0.2) is 19.9 Å². The van der Waals surface area contributed by atoms with Gasteiger partial charge in [-0.2, -0.15) is 5.10 Å². The third-order valence-electron chi connectivity index (χ3n) is 2.40. The summed E-state index contributed by atoms with van der Waals surface area (Å²) in [4.78, 5) is 3.94. The van der Waals surface area contributed by atoms with Crippen LogP contribution < -0.4 is 0 Å². The van der Waals surface area contributed by atoms with Crippen LogP contribution in [0.1, 0.15) is 18.9 Å². The van der Waals surface area contributed by atoms with Crippen molar-refractivity contribution >= 4 is 10.9 Å². The van der Waals surface area contributed by atoms with Crippen LogP contribution in [0.15, 0.2) is 18.6 Å². The van der Waals surface area contributed by atoms with E-state index in [1.807, 2.05) is 4.68 Å². The number of pyridine rings is 1. The fourth-order valence-electron chi connectivity index (χ4n) is 1.56. The lowest BCUT2D eigenvalue weighted by Crippen LogP contribution is -1.94. The molecule has 2 heterocycles. The molecule has 0 radical (unpaired) electrons. The van der Waals surface area contributed by atoms with Crippen LogP contribution in [0, 0.1) is 0 Å². The minimum absolute atomic E-state index is 0.212. The minimum Gasteiger partial charge on any atom is -0.506 e. The number of nitrogens with zero attached hydrogens (tertiary/aromatic N) is 3. The first-order chi connectivity index (χ1) is 6.36. The molecule has 0 saturated heterocycles. The molecule has 0 atom stereocenters. The van der Waals surface area contributed by atoms with Gasteiger partial charge >= 0.3 is 0 Å². The Hall–Kier alpha value is -1.58. The second-order valence-electron chi connectivity index (χ2n) is 3.41. The zero-order valence-electron chi connectivity index (χ0n) is 7.01. The molecule has 0 spiro atoms. The van der Waals surface area contributed by atoms with E-state index < -0.39 is 0 Å². The summed E-state index contributed by atoms with van der Waals surface area (Å²) in [5.41, 5.74) is 0.933. The topological polar surface area (TPSA) is 50.9 Å². The van der Waals surface area contributed by atoms with E-state index in [1.165, 1.54) is 19.0 Å². The number of fused-ring (bicyclic) bond motifs is 1. The van der Waals surface area contributed by atoms with Crippen molar-refractivity contribution < 1.29 is 5.11 Å². The van der Waals surface area contributed by atoms with Crippen LogP contribution in [-0.2, 0) is 0 Å². The predicted octanol–water partition coefficient (Wildman–Crippen LogP) is 1.47. The molecule has 3 rings (SSSR count). The lowest BCUT2D eigenvalue weighted by molar-refractivity contribution is 0.479. The van der Waals surface area contributed by atoms with Gasteiger partial charge in [-0.25, -0.2) is 0 Å². The standard InChI is InChI=1S/C9H9N3O/c13-9-5-10-4-8-7(9)3-11-12(8)6-1-2-6/h3-6,13H,1-2H2. The number of aromatic hydroxyl groups is 1. The molecule has 2 aromatic heterocycles. The van der Waals surface area contributed by atoms with Gasteiger partial charge in [-0.1, -0.05) is 0 Å². The molecule has 13 heavy (non-hydrogen) atoms. The van der Waals surface area contributed by atoms with Crippen molar-refractivity contribution in [3.05, 3.63) is 18.6 Å². The summed E-state index contributed by atoms with van der Waals surface area (Å²) in [5.74, 6) is 0.212. The van der Waals surface area contributed by atoms with Gasteiger partial charge in [0.1, 0.15) is 5.75 Å². The highest BCUT2D eigenvalue weighted by Gasteiger charge is 2.26. The average molecular weight is 175 g/mol. The minimum atomic E-state index is 0.212. The Kier molecular flexibility index (Phi) is 1.17. The zero-order chi connectivity index (χ0) is 8.84. The van der Waals surface area contributed by atoms with Gasteiger partial charge in [-0.3, -0.25) is 9.67 Å². The molecule has 1 N–H and O–H groups in total. The van der Waals surface area contributed by atoms with E-state index in [0.29, 0.717) is 6.04 Å². The molecule has 1 saturated carbocycles. The van der Waals surface area contributed by atoms with Crippen LogP contribution in [0.4, 0.5) is 0 Å². The van der Waals surface area contributed by atoms with Crippen molar-refractivity contribution in [3.8, 4) is 5.75 Å². The van der Waals surface area contributed by atoms with Gasteiger partial charge in [0.05, 0.1) is 35.5 Å². The molecule has 1 fully saturated rings. The first-order valence-corrected chi connectivity index (χ1v) is 4.36. The highest BCUT2D eigenvalue weighted by molar-refractivity contribution is 5.83. The largest absolute Gasteiger partial charge is 0.506 e. The van der Waals surface area contributed by atoms with E-state index in [0.717, 1.165) is 10.9 Å². The lowest BCUT2D eigenvalue weighted by atomic mass is 10.3. The van der Waals surface area contributed by atoms with Gasteiger partial charge in [0, 0.05) is 0 Å². The Morgan fingerprint density at radius 2 is 2.15 bits per heavy atom. The van der Waals surface area contributed by atoms with Crippen LogP contribution in [0.25, 0.3) is 10.9 Å². The number of hydrogen-bond donors (Lipinski definition) is 1. The molecule has 0 amide bonds. The maximum absolute atomic E-state index is 9.47.